The van der Waals surface area contributed by atoms with Gasteiger partial charge in [0.15, 0.2) is 0 Å². The summed E-state index contributed by atoms with van der Waals surface area (Å²) in [4.78, 5) is 29.7. The molecule has 3 amide bonds. The number of methoxy groups -OCH3 is 1. The molecule has 252 valence electrons. The molecule has 47 heavy (non-hydrogen) atoms. The molecule has 0 spiro atoms. The predicted octanol–water partition coefficient (Wildman–Crippen LogP) is 6.72. The molecule has 2 aliphatic heterocycles. The van der Waals surface area contributed by atoms with Gasteiger partial charge in [-0.05, 0) is 73.3 Å². The highest BCUT2D eigenvalue weighted by molar-refractivity contribution is 6.33. The van der Waals surface area contributed by atoms with Crippen molar-refractivity contribution >= 4 is 23.7 Å². The number of urea groups is 1. The third kappa shape index (κ3) is 7.61. The van der Waals surface area contributed by atoms with Crippen LogP contribution in [-0.4, -0.2) is 73.4 Å². The van der Waals surface area contributed by atoms with Gasteiger partial charge >= 0.3 is 12.1 Å². The van der Waals surface area contributed by atoms with E-state index >= 15 is 0 Å². The zero-order chi connectivity index (χ0) is 33.4. The van der Waals surface area contributed by atoms with Crippen molar-refractivity contribution in [2.24, 2.45) is 11.7 Å². The minimum Gasteiger partial charge on any atom is -0.453 e. The van der Waals surface area contributed by atoms with Gasteiger partial charge in [-0.25, -0.2) is 9.59 Å². The van der Waals surface area contributed by atoms with Gasteiger partial charge in [-0.1, -0.05) is 85.3 Å². The molecule has 9 heteroatoms. The molecule has 2 fully saturated rings. The summed E-state index contributed by atoms with van der Waals surface area (Å²) in [5, 5.41) is 16.2. The maximum atomic E-state index is 14.0. The van der Waals surface area contributed by atoms with Gasteiger partial charge in [0.1, 0.15) is 0 Å². The Labute approximate surface area is 284 Å². The largest absolute Gasteiger partial charge is 0.453 e. The SMILES string of the molecule is CCc1cccc(-c2c(Cl)cccc2C(O)(CCCNC(=O)OC)C2CCCN(C(=O)N3CCC(CN)(c4ccccc4)CC3)C2)c1. The van der Waals surface area contributed by atoms with Crippen molar-refractivity contribution in [3.8, 4) is 11.1 Å². The van der Waals surface area contributed by atoms with E-state index in [-0.39, 0.29) is 17.4 Å². The summed E-state index contributed by atoms with van der Waals surface area (Å²) in [5.41, 5.74) is 9.84. The Hall–Kier alpha value is -3.59. The number of nitrogens with zero attached hydrogens (tertiary/aromatic N) is 2. The number of amides is 3. The first-order chi connectivity index (χ1) is 22.7. The summed E-state index contributed by atoms with van der Waals surface area (Å²) in [6, 6.07) is 24.4. The number of aryl methyl sites for hydroxylation is 1. The highest BCUT2D eigenvalue weighted by Gasteiger charge is 2.44. The van der Waals surface area contributed by atoms with E-state index in [0.29, 0.717) is 57.1 Å². The van der Waals surface area contributed by atoms with Gasteiger partial charge in [-0.15, -0.1) is 0 Å². The summed E-state index contributed by atoms with van der Waals surface area (Å²) in [5.74, 6) is -0.234. The molecule has 3 aromatic carbocycles. The Balaban J connectivity index is 1.40. The van der Waals surface area contributed by atoms with E-state index in [2.05, 4.69) is 48.6 Å². The predicted molar refractivity (Wildman–Crippen MR) is 187 cm³/mol. The van der Waals surface area contributed by atoms with E-state index in [1.165, 1.54) is 18.2 Å². The number of hydrogen-bond acceptors (Lipinski definition) is 5. The second-order valence-electron chi connectivity index (χ2n) is 13.1. The Morgan fingerprint density at radius 3 is 2.49 bits per heavy atom. The van der Waals surface area contributed by atoms with E-state index in [1.807, 2.05) is 46.2 Å². The second kappa shape index (κ2) is 15.5. The lowest BCUT2D eigenvalue weighted by atomic mass is 9.72. The van der Waals surface area contributed by atoms with Crippen molar-refractivity contribution in [2.45, 2.75) is 62.9 Å². The summed E-state index contributed by atoms with van der Waals surface area (Å²) >= 11 is 6.92. The Kier molecular flexibility index (Phi) is 11.5. The van der Waals surface area contributed by atoms with Crippen LogP contribution in [0.5, 0.6) is 0 Å². The summed E-state index contributed by atoms with van der Waals surface area (Å²) in [6.07, 6.45) is 4.45. The first kappa shape index (κ1) is 34.7. The van der Waals surface area contributed by atoms with E-state index < -0.39 is 11.7 Å². The topological polar surface area (TPSA) is 108 Å². The summed E-state index contributed by atoms with van der Waals surface area (Å²) < 4.78 is 4.76. The molecule has 2 unspecified atom stereocenters. The highest BCUT2D eigenvalue weighted by atomic mass is 35.5. The Morgan fingerprint density at radius 2 is 1.79 bits per heavy atom. The summed E-state index contributed by atoms with van der Waals surface area (Å²) in [6.45, 7) is 5.37. The molecular weight excluding hydrogens is 612 g/mol. The molecular formula is C38H49ClN4O4. The minimum absolute atomic E-state index is 0.0186. The Morgan fingerprint density at radius 1 is 1.04 bits per heavy atom. The van der Waals surface area contributed by atoms with E-state index in [9.17, 15) is 14.7 Å². The van der Waals surface area contributed by atoms with Crippen LogP contribution in [-0.2, 0) is 22.2 Å². The molecule has 2 saturated heterocycles. The molecule has 2 atom stereocenters. The fourth-order valence-electron chi connectivity index (χ4n) is 7.57. The third-order valence-corrected chi connectivity index (χ3v) is 10.7. The number of carbonyl (C=O) groups excluding carboxylic acids is 2. The van der Waals surface area contributed by atoms with Gasteiger partial charge in [0, 0.05) is 61.2 Å². The maximum Gasteiger partial charge on any atom is 0.406 e. The number of piperidine rings is 2. The number of ether oxygens (including phenoxy) is 1. The van der Waals surface area contributed by atoms with Crippen LogP contribution in [0, 0.1) is 5.92 Å². The van der Waals surface area contributed by atoms with Gasteiger partial charge in [-0.3, -0.25) is 0 Å². The van der Waals surface area contributed by atoms with Crippen molar-refractivity contribution in [3.05, 3.63) is 94.5 Å². The van der Waals surface area contributed by atoms with E-state index in [0.717, 1.165) is 48.8 Å². The number of rotatable bonds is 10. The van der Waals surface area contributed by atoms with Crippen molar-refractivity contribution < 1.29 is 19.4 Å². The fourth-order valence-corrected chi connectivity index (χ4v) is 7.86. The van der Waals surface area contributed by atoms with Gasteiger partial charge in [-0.2, -0.15) is 0 Å². The van der Waals surface area contributed by atoms with Crippen LogP contribution in [0.2, 0.25) is 5.02 Å². The number of alkyl carbamates (subject to hydrolysis) is 1. The van der Waals surface area contributed by atoms with Gasteiger partial charge < -0.3 is 30.7 Å². The second-order valence-corrected chi connectivity index (χ2v) is 13.5. The number of nitrogens with two attached hydrogens (primary N) is 1. The number of carbonyl (C=O) groups is 2. The molecule has 8 nitrogen and oxygen atoms in total. The normalized spacial score (nSPS) is 19.1. The van der Waals surface area contributed by atoms with E-state index in [1.54, 1.807) is 0 Å². The fraction of sp³-hybridized carbons (Fsp3) is 0.474. The molecule has 0 radical (unpaired) electrons. The van der Waals surface area contributed by atoms with Crippen LogP contribution >= 0.6 is 11.6 Å². The number of likely N-dealkylation sites (tertiary alicyclic amines) is 2. The van der Waals surface area contributed by atoms with Gasteiger partial charge in [0.25, 0.3) is 0 Å². The lowest BCUT2D eigenvalue weighted by Gasteiger charge is -2.46. The van der Waals surface area contributed by atoms with Crippen LogP contribution in [0.15, 0.2) is 72.8 Å². The van der Waals surface area contributed by atoms with Crippen LogP contribution in [0.3, 0.4) is 0 Å². The molecule has 4 N–H and O–H groups in total. The number of benzene rings is 3. The van der Waals surface area contributed by atoms with Crippen LogP contribution in [0.1, 0.15) is 62.1 Å². The molecule has 0 aromatic heterocycles. The first-order valence-corrected chi connectivity index (χ1v) is 17.3. The average Bonchev–Trinajstić information content (AvgIpc) is 3.13. The van der Waals surface area contributed by atoms with Gasteiger partial charge in [0.2, 0.25) is 0 Å². The minimum atomic E-state index is -1.30. The lowest BCUT2D eigenvalue weighted by Crippen LogP contribution is -2.55. The van der Waals surface area contributed by atoms with Crippen LogP contribution in [0.25, 0.3) is 11.1 Å². The maximum absolute atomic E-state index is 14.0. The highest BCUT2D eigenvalue weighted by Crippen LogP contribution is 2.46. The monoisotopic (exact) mass is 660 g/mol. The summed E-state index contributed by atoms with van der Waals surface area (Å²) in [7, 11) is 1.34. The molecule has 0 aliphatic carbocycles. The van der Waals surface area contributed by atoms with Crippen molar-refractivity contribution in [2.75, 3.05) is 46.4 Å². The molecule has 5 rings (SSSR count). The molecule has 0 saturated carbocycles. The van der Waals surface area contributed by atoms with E-state index in [4.69, 9.17) is 22.1 Å². The number of aliphatic hydroxyl groups is 1. The van der Waals surface area contributed by atoms with Crippen molar-refractivity contribution in [1.82, 2.24) is 15.1 Å². The molecule has 0 bridgehead atoms. The third-order valence-electron chi connectivity index (χ3n) is 10.4. The van der Waals surface area contributed by atoms with Crippen molar-refractivity contribution in [1.29, 1.82) is 0 Å². The number of halogens is 1. The first-order valence-electron chi connectivity index (χ1n) is 17.0. The standard InChI is InChI=1S/C38H49ClN4O4/c1-3-28-11-7-12-29(25-28)34-32(16-8-17-33(34)39)38(46,18-10-21-41-35(44)47-2)31-15-9-22-43(26-31)36(45)42-23-19-37(27-40,20-24-42)30-13-5-4-6-14-30/h4-8,11-14,16-17,25,31,46H,3,9-10,15,18-24,26-27,40H2,1-2H3,(H,41,44). The average molecular weight is 661 g/mol. The lowest BCUT2D eigenvalue weighted by molar-refractivity contribution is -0.0565. The van der Waals surface area contributed by atoms with Gasteiger partial charge in [0.05, 0.1) is 12.7 Å². The zero-order valence-corrected chi connectivity index (χ0v) is 28.5. The quantitative estimate of drug-likeness (QED) is 0.209. The van der Waals surface area contributed by atoms with Crippen LogP contribution < -0.4 is 11.1 Å². The molecule has 3 aromatic rings. The zero-order valence-electron chi connectivity index (χ0n) is 27.7. The molecule has 2 aliphatic rings. The number of nitrogens with one attached hydrogen (secondary N) is 1. The Bertz CT molecular complexity index is 1510. The molecule has 2 heterocycles. The smallest absolute Gasteiger partial charge is 0.406 e. The van der Waals surface area contributed by atoms with Crippen molar-refractivity contribution in [3.63, 3.8) is 0 Å². The number of hydrogen-bond donors (Lipinski definition) is 3. The van der Waals surface area contributed by atoms with Crippen LogP contribution in [0.4, 0.5) is 9.59 Å².